The number of aromatic nitrogens is 2. The maximum absolute atomic E-state index is 9.11. The van der Waals surface area contributed by atoms with Crippen molar-refractivity contribution in [3.05, 3.63) is 59.4 Å². The van der Waals surface area contributed by atoms with Gasteiger partial charge in [0.15, 0.2) is 0 Å². The van der Waals surface area contributed by atoms with Crippen LogP contribution in [0.3, 0.4) is 0 Å². The molecule has 126 valence electrons. The van der Waals surface area contributed by atoms with Gasteiger partial charge in [0.2, 0.25) is 0 Å². The maximum Gasteiger partial charge on any atom is 0.122 e. The van der Waals surface area contributed by atoms with Gasteiger partial charge in [0.25, 0.3) is 0 Å². The number of hydrogen-bond donors (Lipinski definition) is 1. The van der Waals surface area contributed by atoms with Gasteiger partial charge in [-0.3, -0.25) is 0 Å². The predicted octanol–water partition coefficient (Wildman–Crippen LogP) is 3.66. The molecule has 1 N–H and O–H groups in total. The van der Waals surface area contributed by atoms with Crippen LogP contribution in [0.15, 0.2) is 42.5 Å². The van der Waals surface area contributed by atoms with Gasteiger partial charge in [-0.2, -0.15) is 0 Å². The molecule has 1 aromatic heterocycles. The van der Waals surface area contributed by atoms with Crippen LogP contribution in [0.1, 0.15) is 23.4 Å². The summed E-state index contributed by atoms with van der Waals surface area (Å²) in [5, 5.41) is 9.11. The van der Waals surface area contributed by atoms with Crippen LogP contribution in [0.2, 0.25) is 0 Å². The van der Waals surface area contributed by atoms with Gasteiger partial charge in [-0.1, -0.05) is 24.3 Å². The zero-order valence-electron chi connectivity index (χ0n) is 14.3. The lowest BCUT2D eigenvalue weighted by molar-refractivity contribution is 0.282. The molecule has 0 aliphatic rings. The maximum atomic E-state index is 9.11. The highest BCUT2D eigenvalue weighted by molar-refractivity contribution is 5.75. The minimum absolute atomic E-state index is 0.183. The zero-order valence-corrected chi connectivity index (χ0v) is 14.3. The minimum atomic E-state index is 0.183. The largest absolute Gasteiger partial charge is 0.491 e. The summed E-state index contributed by atoms with van der Waals surface area (Å²) in [7, 11) is 0. The molecule has 2 aromatic carbocycles. The second kappa shape index (κ2) is 7.49. The molecule has 0 aliphatic heterocycles. The molecule has 0 atom stereocenters. The second-order valence-electron chi connectivity index (χ2n) is 6.04. The number of fused-ring (bicyclic) bond motifs is 1. The summed E-state index contributed by atoms with van der Waals surface area (Å²) in [6, 6.07) is 14.3. The summed E-state index contributed by atoms with van der Waals surface area (Å²) in [5.74, 6) is 1.95. The Bertz CT molecular complexity index is 824. The number of rotatable bonds is 7. The Labute approximate surface area is 142 Å². The Balaban J connectivity index is 1.77. The van der Waals surface area contributed by atoms with E-state index in [0.717, 1.165) is 42.0 Å². The highest BCUT2D eigenvalue weighted by Gasteiger charge is 2.10. The fraction of sp³-hybridized carbons (Fsp3) is 0.350. The average molecular weight is 324 g/mol. The third kappa shape index (κ3) is 3.44. The van der Waals surface area contributed by atoms with Gasteiger partial charge in [-0.25, -0.2) is 4.98 Å². The highest BCUT2D eigenvalue weighted by atomic mass is 16.5. The molecule has 3 aromatic rings. The van der Waals surface area contributed by atoms with Crippen LogP contribution in [0, 0.1) is 13.8 Å². The molecule has 24 heavy (non-hydrogen) atoms. The lowest BCUT2D eigenvalue weighted by Gasteiger charge is -2.13. The summed E-state index contributed by atoms with van der Waals surface area (Å²) in [6.45, 7) is 5.70. The number of benzene rings is 2. The van der Waals surface area contributed by atoms with Crippen LogP contribution in [0.5, 0.6) is 5.75 Å². The van der Waals surface area contributed by atoms with Crippen LogP contribution in [-0.4, -0.2) is 27.9 Å². The molecule has 0 unspecified atom stereocenters. The van der Waals surface area contributed by atoms with Gasteiger partial charge in [0, 0.05) is 13.0 Å². The molecular formula is C20H24N2O2. The van der Waals surface area contributed by atoms with Crippen molar-refractivity contribution >= 4 is 11.0 Å². The number of para-hydroxylation sites is 2. The second-order valence-corrected chi connectivity index (χ2v) is 6.04. The molecule has 0 fully saturated rings. The number of aliphatic hydroxyl groups excluding tert-OH is 1. The average Bonchev–Trinajstić information content (AvgIpc) is 2.94. The summed E-state index contributed by atoms with van der Waals surface area (Å²) in [6.07, 6.45) is 1.50. The Morgan fingerprint density at radius 1 is 1.08 bits per heavy atom. The lowest BCUT2D eigenvalue weighted by Crippen LogP contribution is -2.12. The Kier molecular flexibility index (Phi) is 5.16. The summed E-state index contributed by atoms with van der Waals surface area (Å²) < 4.78 is 8.21. The van der Waals surface area contributed by atoms with Crippen molar-refractivity contribution in [3.63, 3.8) is 0 Å². The fourth-order valence-electron chi connectivity index (χ4n) is 2.93. The first kappa shape index (κ1) is 16.5. The molecule has 3 rings (SSSR count). The van der Waals surface area contributed by atoms with E-state index in [1.165, 1.54) is 11.1 Å². The minimum Gasteiger partial charge on any atom is -0.491 e. The molecule has 0 spiro atoms. The van der Waals surface area contributed by atoms with Crippen LogP contribution < -0.4 is 4.74 Å². The molecule has 0 radical (unpaired) electrons. The normalized spacial score (nSPS) is 11.1. The first-order valence-corrected chi connectivity index (χ1v) is 8.44. The number of ether oxygens (including phenoxy) is 1. The number of aryl methyl sites for hydroxylation is 2. The van der Waals surface area contributed by atoms with Crippen molar-refractivity contribution in [2.45, 2.75) is 33.2 Å². The first-order chi connectivity index (χ1) is 11.7. The Morgan fingerprint density at radius 2 is 1.92 bits per heavy atom. The van der Waals surface area contributed by atoms with Crippen molar-refractivity contribution in [2.24, 2.45) is 0 Å². The molecule has 4 nitrogen and oxygen atoms in total. The van der Waals surface area contributed by atoms with Crippen molar-refractivity contribution in [1.29, 1.82) is 0 Å². The molecule has 4 heteroatoms. The standard InChI is InChI=1S/C20H24N2O2/c1-15-7-5-10-19(16(15)2)24-14-12-22-18-9-4-3-8-17(18)21-20(22)11-6-13-23/h3-5,7-10,23H,6,11-14H2,1-2H3. The first-order valence-electron chi connectivity index (χ1n) is 8.44. The quantitative estimate of drug-likeness (QED) is 0.721. The van der Waals surface area contributed by atoms with Crippen molar-refractivity contribution in [2.75, 3.05) is 13.2 Å². The summed E-state index contributed by atoms with van der Waals surface area (Å²) >= 11 is 0. The fourth-order valence-corrected chi connectivity index (χ4v) is 2.93. The van der Waals surface area contributed by atoms with Crippen molar-refractivity contribution in [3.8, 4) is 5.75 Å². The topological polar surface area (TPSA) is 47.3 Å². The van der Waals surface area contributed by atoms with E-state index >= 15 is 0 Å². The number of imidazole rings is 1. The summed E-state index contributed by atoms with van der Waals surface area (Å²) in [4.78, 5) is 4.70. The van der Waals surface area contributed by atoms with Crippen LogP contribution in [-0.2, 0) is 13.0 Å². The van der Waals surface area contributed by atoms with E-state index in [2.05, 4.69) is 30.5 Å². The van der Waals surface area contributed by atoms with Crippen LogP contribution >= 0.6 is 0 Å². The van der Waals surface area contributed by atoms with E-state index in [1.807, 2.05) is 30.3 Å². The third-order valence-corrected chi connectivity index (χ3v) is 4.42. The van der Waals surface area contributed by atoms with E-state index in [9.17, 15) is 0 Å². The monoisotopic (exact) mass is 324 g/mol. The van der Waals surface area contributed by atoms with Gasteiger partial charge in [-0.05, 0) is 49.6 Å². The SMILES string of the molecule is Cc1cccc(OCCn2c(CCCO)nc3ccccc32)c1C. The Hall–Kier alpha value is -2.33. The van der Waals surface area contributed by atoms with E-state index < -0.39 is 0 Å². The van der Waals surface area contributed by atoms with Gasteiger partial charge in [0.05, 0.1) is 17.6 Å². The predicted molar refractivity (Wildman–Crippen MR) is 96.6 cm³/mol. The van der Waals surface area contributed by atoms with Crippen molar-refractivity contribution < 1.29 is 9.84 Å². The van der Waals surface area contributed by atoms with Gasteiger partial charge in [-0.15, -0.1) is 0 Å². The summed E-state index contributed by atoms with van der Waals surface area (Å²) in [5.41, 5.74) is 4.55. The molecule has 1 heterocycles. The molecule has 0 bridgehead atoms. The smallest absolute Gasteiger partial charge is 0.122 e. The molecular weight excluding hydrogens is 300 g/mol. The van der Waals surface area contributed by atoms with Crippen molar-refractivity contribution in [1.82, 2.24) is 9.55 Å². The molecule has 0 amide bonds. The van der Waals surface area contributed by atoms with Gasteiger partial charge >= 0.3 is 0 Å². The molecule has 0 aliphatic carbocycles. The Morgan fingerprint density at radius 3 is 2.75 bits per heavy atom. The zero-order chi connectivity index (χ0) is 16.9. The van der Waals surface area contributed by atoms with E-state index in [-0.39, 0.29) is 6.61 Å². The number of nitrogens with zero attached hydrogens (tertiary/aromatic N) is 2. The highest BCUT2D eigenvalue weighted by Crippen LogP contribution is 2.21. The molecule has 0 saturated heterocycles. The lowest BCUT2D eigenvalue weighted by atomic mass is 10.1. The third-order valence-electron chi connectivity index (χ3n) is 4.42. The van der Waals surface area contributed by atoms with Crippen LogP contribution in [0.25, 0.3) is 11.0 Å². The van der Waals surface area contributed by atoms with E-state index in [0.29, 0.717) is 6.61 Å². The number of aliphatic hydroxyl groups is 1. The van der Waals surface area contributed by atoms with E-state index in [4.69, 9.17) is 14.8 Å². The van der Waals surface area contributed by atoms with Crippen LogP contribution in [0.4, 0.5) is 0 Å². The number of hydrogen-bond acceptors (Lipinski definition) is 3. The van der Waals surface area contributed by atoms with Gasteiger partial charge < -0.3 is 14.4 Å². The van der Waals surface area contributed by atoms with E-state index in [1.54, 1.807) is 0 Å². The molecule has 0 saturated carbocycles. The van der Waals surface area contributed by atoms with Gasteiger partial charge in [0.1, 0.15) is 18.2 Å².